The molecule has 0 atom stereocenters. The molecule has 1 aromatic carbocycles. The van der Waals surface area contributed by atoms with Crippen molar-refractivity contribution in [1.29, 1.82) is 5.26 Å². The normalized spacial score (nSPS) is 12.6. The molecule has 0 unspecified atom stereocenters. The Morgan fingerprint density at radius 1 is 1.29 bits per heavy atom. The third-order valence-electron chi connectivity index (χ3n) is 4.36. The molecule has 0 amide bonds. The van der Waals surface area contributed by atoms with Crippen molar-refractivity contribution in [3.63, 3.8) is 0 Å². The predicted molar refractivity (Wildman–Crippen MR) is 94.0 cm³/mol. The summed E-state index contributed by atoms with van der Waals surface area (Å²) >= 11 is 0. The third kappa shape index (κ3) is 2.12. The van der Waals surface area contributed by atoms with Crippen LogP contribution in [-0.4, -0.2) is 23.5 Å². The average Bonchev–Trinajstić information content (AvgIpc) is 3.20. The van der Waals surface area contributed by atoms with Gasteiger partial charge in [0, 0.05) is 19.7 Å². The van der Waals surface area contributed by atoms with Gasteiger partial charge < -0.3 is 10.1 Å². The number of imidazole rings is 1. The SMILES string of the molecule is CNc1c(C2=Cc3cc(OC)ccc3C2)nc2cc(C#N)ccn12. The summed E-state index contributed by atoms with van der Waals surface area (Å²) in [6.45, 7) is 0. The first-order valence-electron chi connectivity index (χ1n) is 7.71. The van der Waals surface area contributed by atoms with E-state index in [1.54, 1.807) is 19.2 Å². The Morgan fingerprint density at radius 2 is 2.17 bits per heavy atom. The summed E-state index contributed by atoms with van der Waals surface area (Å²) in [6, 6.07) is 11.9. The lowest BCUT2D eigenvalue weighted by molar-refractivity contribution is 0.414. The Hall–Kier alpha value is -3.26. The highest BCUT2D eigenvalue weighted by Crippen LogP contribution is 2.36. The van der Waals surface area contributed by atoms with Crippen molar-refractivity contribution in [2.75, 3.05) is 19.5 Å². The quantitative estimate of drug-likeness (QED) is 0.805. The van der Waals surface area contributed by atoms with E-state index in [2.05, 4.69) is 23.5 Å². The zero-order valence-corrected chi connectivity index (χ0v) is 13.5. The van der Waals surface area contributed by atoms with Gasteiger partial charge >= 0.3 is 0 Å². The molecule has 118 valence electrons. The van der Waals surface area contributed by atoms with Crippen LogP contribution in [0.15, 0.2) is 36.5 Å². The Morgan fingerprint density at radius 3 is 2.92 bits per heavy atom. The number of ether oxygens (including phenoxy) is 1. The molecule has 2 aromatic heterocycles. The summed E-state index contributed by atoms with van der Waals surface area (Å²) < 4.78 is 7.28. The van der Waals surface area contributed by atoms with Crippen molar-refractivity contribution in [2.45, 2.75) is 6.42 Å². The number of anilines is 1. The van der Waals surface area contributed by atoms with Gasteiger partial charge in [0.05, 0.1) is 18.7 Å². The van der Waals surface area contributed by atoms with E-state index in [-0.39, 0.29) is 0 Å². The van der Waals surface area contributed by atoms with E-state index in [0.717, 1.165) is 34.9 Å². The van der Waals surface area contributed by atoms with Crippen LogP contribution >= 0.6 is 0 Å². The van der Waals surface area contributed by atoms with Gasteiger partial charge in [0.25, 0.3) is 0 Å². The first kappa shape index (κ1) is 14.3. The summed E-state index contributed by atoms with van der Waals surface area (Å²) in [6.07, 6.45) is 4.87. The van der Waals surface area contributed by atoms with E-state index in [0.29, 0.717) is 5.56 Å². The van der Waals surface area contributed by atoms with Crippen molar-refractivity contribution >= 4 is 23.1 Å². The molecule has 0 radical (unpaired) electrons. The first-order valence-corrected chi connectivity index (χ1v) is 7.71. The number of allylic oxidation sites excluding steroid dienone is 1. The molecule has 0 bridgehead atoms. The minimum atomic E-state index is 0.607. The van der Waals surface area contributed by atoms with Crippen LogP contribution in [-0.2, 0) is 6.42 Å². The van der Waals surface area contributed by atoms with Crippen LogP contribution in [0.2, 0.25) is 0 Å². The topological polar surface area (TPSA) is 62.3 Å². The average molecular weight is 316 g/mol. The molecule has 0 saturated heterocycles. The molecule has 3 aromatic rings. The van der Waals surface area contributed by atoms with Gasteiger partial charge in [-0.3, -0.25) is 4.40 Å². The predicted octanol–water partition coefficient (Wildman–Crippen LogP) is 3.35. The van der Waals surface area contributed by atoms with E-state index in [1.807, 2.05) is 29.8 Å². The summed E-state index contributed by atoms with van der Waals surface area (Å²) in [5, 5.41) is 12.3. The maximum absolute atomic E-state index is 9.08. The Labute approximate surface area is 139 Å². The van der Waals surface area contributed by atoms with Crippen LogP contribution in [0.3, 0.4) is 0 Å². The second-order valence-corrected chi connectivity index (χ2v) is 5.73. The maximum Gasteiger partial charge on any atom is 0.140 e. The number of pyridine rings is 1. The standard InChI is InChI=1S/C19H16N4O/c1-21-19-18(22-17-7-12(11-20)5-6-23(17)19)15-8-13-3-4-16(24-2)10-14(13)9-15/h3-7,9-10,21H,8H2,1-2H3. The smallest absolute Gasteiger partial charge is 0.140 e. The van der Waals surface area contributed by atoms with E-state index >= 15 is 0 Å². The zero-order valence-electron chi connectivity index (χ0n) is 13.5. The number of nitrogens with zero attached hydrogens (tertiary/aromatic N) is 3. The molecule has 0 aliphatic heterocycles. The number of rotatable bonds is 3. The second kappa shape index (κ2) is 5.43. The molecule has 2 heterocycles. The lowest BCUT2D eigenvalue weighted by Gasteiger charge is -2.04. The highest BCUT2D eigenvalue weighted by molar-refractivity contribution is 5.91. The fourth-order valence-electron chi connectivity index (χ4n) is 3.17. The molecule has 5 heteroatoms. The van der Waals surface area contributed by atoms with Crippen molar-refractivity contribution in [2.24, 2.45) is 0 Å². The lowest BCUT2D eigenvalue weighted by Crippen LogP contribution is -1.97. The van der Waals surface area contributed by atoms with Crippen molar-refractivity contribution < 1.29 is 4.74 Å². The number of nitriles is 1. The summed E-state index contributed by atoms with van der Waals surface area (Å²) in [5.74, 6) is 1.79. The molecule has 0 fully saturated rings. The van der Waals surface area contributed by atoms with Gasteiger partial charge in [-0.15, -0.1) is 0 Å². The number of fused-ring (bicyclic) bond motifs is 2. The molecule has 1 aliphatic rings. The lowest BCUT2D eigenvalue weighted by atomic mass is 10.1. The van der Waals surface area contributed by atoms with Gasteiger partial charge in [0.1, 0.15) is 22.9 Å². The second-order valence-electron chi connectivity index (χ2n) is 5.73. The van der Waals surface area contributed by atoms with Crippen LogP contribution in [0.1, 0.15) is 22.4 Å². The summed E-state index contributed by atoms with van der Waals surface area (Å²) in [5.41, 5.74) is 5.88. The monoisotopic (exact) mass is 316 g/mol. The Balaban J connectivity index is 1.84. The van der Waals surface area contributed by atoms with Gasteiger partial charge in [-0.1, -0.05) is 6.07 Å². The fourth-order valence-corrected chi connectivity index (χ4v) is 3.17. The highest BCUT2D eigenvalue weighted by Gasteiger charge is 2.21. The molecule has 1 N–H and O–H groups in total. The number of benzene rings is 1. The molecule has 0 spiro atoms. The number of hydrogen-bond acceptors (Lipinski definition) is 4. The van der Waals surface area contributed by atoms with Crippen LogP contribution in [0.4, 0.5) is 5.82 Å². The number of nitrogens with one attached hydrogen (secondary N) is 1. The fraction of sp³-hybridized carbons (Fsp3) is 0.158. The molecule has 24 heavy (non-hydrogen) atoms. The van der Waals surface area contributed by atoms with Gasteiger partial charge in [-0.05, 0) is 47.0 Å². The highest BCUT2D eigenvalue weighted by atomic mass is 16.5. The van der Waals surface area contributed by atoms with Gasteiger partial charge in [-0.2, -0.15) is 5.26 Å². The number of aromatic nitrogens is 2. The third-order valence-corrected chi connectivity index (χ3v) is 4.36. The molecular formula is C19H16N4O. The summed E-state index contributed by atoms with van der Waals surface area (Å²) in [7, 11) is 3.56. The van der Waals surface area contributed by atoms with E-state index in [1.165, 1.54) is 11.1 Å². The number of hydrogen-bond donors (Lipinski definition) is 1. The van der Waals surface area contributed by atoms with Crippen LogP contribution in [0, 0.1) is 11.3 Å². The maximum atomic E-state index is 9.08. The first-order chi connectivity index (χ1) is 11.7. The molecule has 5 nitrogen and oxygen atoms in total. The molecule has 4 rings (SSSR count). The van der Waals surface area contributed by atoms with Crippen LogP contribution in [0.5, 0.6) is 5.75 Å². The molecular weight excluding hydrogens is 300 g/mol. The van der Waals surface area contributed by atoms with Crippen LogP contribution < -0.4 is 10.1 Å². The van der Waals surface area contributed by atoms with Crippen molar-refractivity contribution in [3.05, 3.63) is 58.9 Å². The van der Waals surface area contributed by atoms with E-state index < -0.39 is 0 Å². The van der Waals surface area contributed by atoms with Gasteiger partial charge in [0.2, 0.25) is 0 Å². The molecule has 0 saturated carbocycles. The Bertz CT molecular complexity index is 1020. The largest absolute Gasteiger partial charge is 0.497 e. The van der Waals surface area contributed by atoms with Crippen molar-refractivity contribution in [3.8, 4) is 11.8 Å². The van der Waals surface area contributed by atoms with E-state index in [9.17, 15) is 0 Å². The van der Waals surface area contributed by atoms with Gasteiger partial charge in [-0.25, -0.2) is 4.98 Å². The zero-order chi connectivity index (χ0) is 16.7. The minimum Gasteiger partial charge on any atom is -0.497 e. The van der Waals surface area contributed by atoms with Crippen LogP contribution in [0.25, 0.3) is 17.3 Å². The minimum absolute atomic E-state index is 0.607. The van der Waals surface area contributed by atoms with Gasteiger partial charge in [0.15, 0.2) is 0 Å². The van der Waals surface area contributed by atoms with E-state index in [4.69, 9.17) is 15.0 Å². The molecule has 1 aliphatic carbocycles. The Kier molecular flexibility index (Phi) is 3.24. The number of methoxy groups -OCH3 is 1. The summed E-state index contributed by atoms with van der Waals surface area (Å²) in [4.78, 5) is 4.75. The van der Waals surface area contributed by atoms with Crippen molar-refractivity contribution in [1.82, 2.24) is 9.38 Å².